The third-order valence-electron chi connectivity index (χ3n) is 5.67. The van der Waals surface area contributed by atoms with Gasteiger partial charge in [0.25, 0.3) is 0 Å². The van der Waals surface area contributed by atoms with Crippen LogP contribution in [0.25, 0.3) is 0 Å². The number of allylic oxidation sites excluding steroid dienone is 2. The first-order chi connectivity index (χ1) is 14.5. The van der Waals surface area contributed by atoms with Gasteiger partial charge in [0.1, 0.15) is 0 Å². The Morgan fingerprint density at radius 2 is 1.97 bits per heavy atom. The van der Waals surface area contributed by atoms with E-state index in [1.807, 2.05) is 48.6 Å². The Kier molecular flexibility index (Phi) is 10.8. The van der Waals surface area contributed by atoms with E-state index in [-0.39, 0.29) is 17.8 Å². The molecule has 1 aromatic carbocycles. The predicted octanol–water partition coefficient (Wildman–Crippen LogP) is 3.57. The highest BCUT2D eigenvalue weighted by molar-refractivity contribution is 5.69. The Morgan fingerprint density at radius 1 is 1.20 bits per heavy atom. The minimum absolute atomic E-state index is 0.0705. The van der Waals surface area contributed by atoms with Crippen LogP contribution in [0.15, 0.2) is 54.6 Å². The van der Waals surface area contributed by atoms with Gasteiger partial charge in [-0.25, -0.2) is 0 Å². The van der Waals surface area contributed by atoms with Crippen LogP contribution in [0.2, 0.25) is 0 Å². The minimum Gasteiger partial charge on any atom is -0.466 e. The van der Waals surface area contributed by atoms with Crippen LogP contribution in [-0.4, -0.2) is 46.2 Å². The third kappa shape index (κ3) is 8.42. The number of unbranched alkanes of at least 4 members (excludes halogenated alkanes) is 1. The Labute approximate surface area is 180 Å². The molecule has 1 aliphatic carbocycles. The van der Waals surface area contributed by atoms with Crippen LogP contribution in [0.5, 0.6) is 0 Å². The molecule has 0 heterocycles. The number of rotatable bonds is 12. The lowest BCUT2D eigenvalue weighted by atomic mass is 9.89. The van der Waals surface area contributed by atoms with Crippen molar-refractivity contribution in [2.24, 2.45) is 11.8 Å². The van der Waals surface area contributed by atoms with Crippen LogP contribution >= 0.6 is 0 Å². The normalized spacial score (nSPS) is 25.2. The van der Waals surface area contributed by atoms with E-state index in [0.717, 1.165) is 19.3 Å². The summed E-state index contributed by atoms with van der Waals surface area (Å²) in [6.07, 6.45) is 10.3. The van der Waals surface area contributed by atoms with Crippen molar-refractivity contribution in [2.75, 3.05) is 6.61 Å². The van der Waals surface area contributed by atoms with E-state index in [9.17, 15) is 20.1 Å². The molecule has 166 valence electrons. The van der Waals surface area contributed by atoms with Crippen molar-refractivity contribution in [3.63, 3.8) is 0 Å². The van der Waals surface area contributed by atoms with Gasteiger partial charge in [0.05, 0.1) is 24.9 Å². The standard InChI is InChI=1S/C25H36O5/c1-2-30-25(29)13-9-4-3-8-12-21-22(24(28)18-23(21)27)17-16-20(26)15-14-19-10-6-5-7-11-19/h3,5-8,10-11,16-17,20-24,26-28H,2,4,9,12-15,18H2,1H3/b8-3-,17-16+/t20-,21+,22+,23-,24+/m0/s1. The highest BCUT2D eigenvalue weighted by atomic mass is 16.5. The summed E-state index contributed by atoms with van der Waals surface area (Å²) in [6, 6.07) is 10.0. The van der Waals surface area contributed by atoms with Crippen molar-refractivity contribution >= 4 is 5.97 Å². The second-order valence-electron chi connectivity index (χ2n) is 7.99. The zero-order valence-corrected chi connectivity index (χ0v) is 17.9. The van der Waals surface area contributed by atoms with E-state index in [0.29, 0.717) is 32.3 Å². The maximum absolute atomic E-state index is 11.3. The molecular formula is C25H36O5. The highest BCUT2D eigenvalue weighted by Gasteiger charge is 2.39. The second-order valence-corrected chi connectivity index (χ2v) is 7.99. The summed E-state index contributed by atoms with van der Waals surface area (Å²) in [6.45, 7) is 2.21. The summed E-state index contributed by atoms with van der Waals surface area (Å²) < 4.78 is 4.91. The Bertz CT molecular complexity index is 669. The molecule has 1 fully saturated rings. The molecule has 5 atom stereocenters. The second kappa shape index (κ2) is 13.4. The molecule has 0 bridgehead atoms. The molecule has 0 radical (unpaired) electrons. The molecule has 30 heavy (non-hydrogen) atoms. The van der Waals surface area contributed by atoms with Crippen LogP contribution < -0.4 is 0 Å². The lowest BCUT2D eigenvalue weighted by Gasteiger charge is -2.19. The van der Waals surface area contributed by atoms with Crippen molar-refractivity contribution in [1.82, 2.24) is 0 Å². The molecule has 1 aliphatic rings. The van der Waals surface area contributed by atoms with Crippen molar-refractivity contribution < 1.29 is 24.9 Å². The average Bonchev–Trinajstić information content (AvgIpc) is 3.00. The van der Waals surface area contributed by atoms with Crippen LogP contribution in [-0.2, 0) is 16.0 Å². The van der Waals surface area contributed by atoms with E-state index < -0.39 is 18.3 Å². The highest BCUT2D eigenvalue weighted by Crippen LogP contribution is 2.36. The van der Waals surface area contributed by atoms with Crippen molar-refractivity contribution in [3.05, 3.63) is 60.2 Å². The molecule has 5 heteroatoms. The first kappa shape index (κ1) is 24.3. The number of aryl methyl sites for hydroxylation is 1. The molecule has 3 N–H and O–H groups in total. The Morgan fingerprint density at radius 3 is 2.70 bits per heavy atom. The number of hydrogen-bond acceptors (Lipinski definition) is 5. The number of esters is 1. The largest absolute Gasteiger partial charge is 0.466 e. The fourth-order valence-corrected chi connectivity index (χ4v) is 3.99. The zero-order chi connectivity index (χ0) is 21.8. The number of ether oxygens (including phenoxy) is 1. The van der Waals surface area contributed by atoms with E-state index in [1.165, 1.54) is 5.56 Å². The fraction of sp³-hybridized carbons (Fsp3) is 0.560. The number of hydrogen-bond donors (Lipinski definition) is 3. The van der Waals surface area contributed by atoms with Crippen LogP contribution in [0.3, 0.4) is 0 Å². The Hall–Kier alpha value is -1.95. The first-order valence-electron chi connectivity index (χ1n) is 11.1. The molecule has 5 nitrogen and oxygen atoms in total. The lowest BCUT2D eigenvalue weighted by Crippen LogP contribution is -2.20. The van der Waals surface area contributed by atoms with E-state index >= 15 is 0 Å². The summed E-state index contributed by atoms with van der Waals surface area (Å²) in [5, 5.41) is 30.9. The number of benzene rings is 1. The fourth-order valence-electron chi connectivity index (χ4n) is 3.99. The molecule has 0 aromatic heterocycles. The van der Waals surface area contributed by atoms with Gasteiger partial charge in [0.15, 0.2) is 0 Å². The van der Waals surface area contributed by atoms with Crippen molar-refractivity contribution in [1.29, 1.82) is 0 Å². The van der Waals surface area contributed by atoms with E-state index in [4.69, 9.17) is 4.74 Å². The molecule has 0 aliphatic heterocycles. The van der Waals surface area contributed by atoms with Gasteiger partial charge in [0.2, 0.25) is 0 Å². The van der Waals surface area contributed by atoms with Crippen molar-refractivity contribution in [2.45, 2.75) is 70.2 Å². The first-order valence-corrected chi connectivity index (χ1v) is 11.1. The molecule has 0 spiro atoms. The zero-order valence-electron chi connectivity index (χ0n) is 17.9. The SMILES string of the molecule is CCOC(=O)CCC/C=C\C[C@@H]1[C@@H](/C=C/[C@@H](O)CCc2ccccc2)[C@H](O)C[C@@H]1O. The monoisotopic (exact) mass is 416 g/mol. The topological polar surface area (TPSA) is 87.0 Å². The average molecular weight is 417 g/mol. The molecule has 2 rings (SSSR count). The molecule has 1 saturated carbocycles. The maximum Gasteiger partial charge on any atom is 0.305 e. The third-order valence-corrected chi connectivity index (χ3v) is 5.67. The van der Waals surface area contributed by atoms with E-state index in [2.05, 4.69) is 0 Å². The van der Waals surface area contributed by atoms with Crippen LogP contribution in [0.4, 0.5) is 0 Å². The summed E-state index contributed by atoms with van der Waals surface area (Å²) in [4.78, 5) is 11.3. The number of aliphatic hydroxyl groups is 3. The van der Waals surface area contributed by atoms with Crippen molar-refractivity contribution in [3.8, 4) is 0 Å². The summed E-state index contributed by atoms with van der Waals surface area (Å²) in [5.74, 6) is -0.411. The molecule has 0 unspecified atom stereocenters. The summed E-state index contributed by atoms with van der Waals surface area (Å²) in [7, 11) is 0. The lowest BCUT2D eigenvalue weighted by molar-refractivity contribution is -0.143. The molecular weight excluding hydrogens is 380 g/mol. The quantitative estimate of drug-likeness (QED) is 0.275. The molecule has 0 amide bonds. The summed E-state index contributed by atoms with van der Waals surface area (Å²) >= 11 is 0. The van der Waals surface area contributed by atoms with Crippen LogP contribution in [0, 0.1) is 11.8 Å². The van der Waals surface area contributed by atoms with E-state index in [1.54, 1.807) is 13.0 Å². The van der Waals surface area contributed by atoms with Crippen LogP contribution in [0.1, 0.15) is 51.0 Å². The van der Waals surface area contributed by atoms with Gasteiger partial charge in [-0.2, -0.15) is 0 Å². The van der Waals surface area contributed by atoms with Gasteiger partial charge in [-0.15, -0.1) is 0 Å². The van der Waals surface area contributed by atoms with Gasteiger partial charge in [-0.1, -0.05) is 54.6 Å². The molecule has 1 aromatic rings. The number of aliphatic hydroxyl groups excluding tert-OH is 3. The van der Waals surface area contributed by atoms with Gasteiger partial charge in [-0.3, -0.25) is 4.79 Å². The van der Waals surface area contributed by atoms with Gasteiger partial charge >= 0.3 is 5.97 Å². The summed E-state index contributed by atoms with van der Waals surface area (Å²) in [5.41, 5.74) is 1.19. The van der Waals surface area contributed by atoms with Gasteiger partial charge in [-0.05, 0) is 50.5 Å². The van der Waals surface area contributed by atoms with Gasteiger partial charge < -0.3 is 20.1 Å². The number of carbonyl (C=O) groups is 1. The maximum atomic E-state index is 11.3. The molecule has 0 saturated heterocycles. The predicted molar refractivity (Wildman–Crippen MR) is 118 cm³/mol. The Balaban J connectivity index is 1.78. The number of carbonyl (C=O) groups excluding carboxylic acids is 1. The van der Waals surface area contributed by atoms with Gasteiger partial charge in [0, 0.05) is 18.8 Å². The minimum atomic E-state index is -0.597. The smallest absolute Gasteiger partial charge is 0.305 e.